The molecule has 1 aliphatic rings. The summed E-state index contributed by atoms with van der Waals surface area (Å²) in [5.41, 5.74) is -0.0233. The van der Waals surface area contributed by atoms with Crippen LogP contribution >= 0.6 is 0 Å². The molecule has 1 fully saturated rings. The van der Waals surface area contributed by atoms with E-state index in [1.165, 1.54) is 13.0 Å². The summed E-state index contributed by atoms with van der Waals surface area (Å²) in [6.07, 6.45) is 0.872. The maximum atomic E-state index is 13.8. The quantitative estimate of drug-likeness (QED) is 0.843. The van der Waals surface area contributed by atoms with Crippen LogP contribution in [0.2, 0.25) is 0 Å². The summed E-state index contributed by atoms with van der Waals surface area (Å²) in [6, 6.07) is 2.14. The zero-order valence-corrected chi connectivity index (χ0v) is 12.3. The van der Waals surface area contributed by atoms with E-state index in [2.05, 4.69) is 0 Å². The van der Waals surface area contributed by atoms with Crippen LogP contribution in [0.5, 0.6) is 0 Å². The molecule has 6 nitrogen and oxygen atoms in total. The molecule has 0 radical (unpaired) electrons. The summed E-state index contributed by atoms with van der Waals surface area (Å²) < 4.78 is 46.9. The van der Waals surface area contributed by atoms with Crippen molar-refractivity contribution in [3.05, 3.63) is 29.1 Å². The minimum atomic E-state index is -4.25. The molecule has 1 aliphatic heterocycles. The van der Waals surface area contributed by atoms with Gasteiger partial charge in [-0.2, -0.15) is 0 Å². The third-order valence-corrected chi connectivity index (χ3v) is 4.12. The highest BCUT2D eigenvalue weighted by Gasteiger charge is 2.23. The molecule has 0 aliphatic carbocycles. The molecule has 2 rings (SSSR count). The van der Waals surface area contributed by atoms with Crippen LogP contribution in [0.3, 0.4) is 0 Å². The zero-order valence-electron chi connectivity index (χ0n) is 11.5. The average molecular weight is 317 g/mol. The first-order valence-corrected chi connectivity index (χ1v) is 7.95. The molecule has 0 spiro atoms. The average Bonchev–Trinajstić information content (AvgIpc) is 2.41. The van der Waals surface area contributed by atoms with Crippen molar-refractivity contribution in [3.63, 3.8) is 0 Å². The highest BCUT2D eigenvalue weighted by Crippen LogP contribution is 2.21. The van der Waals surface area contributed by atoms with E-state index >= 15 is 0 Å². The molecular formula is C13H16FNO5S. The first-order chi connectivity index (χ1) is 9.79. The fourth-order valence-electron chi connectivity index (χ4n) is 2.08. The summed E-state index contributed by atoms with van der Waals surface area (Å²) in [7, 11) is -4.25. The highest BCUT2D eigenvalue weighted by atomic mass is 32.2. The normalized spacial score (nSPS) is 16.7. The number of rotatable bonds is 3. The Bertz CT molecular complexity index is 653. The largest absolute Gasteiger partial charge is 0.459 e. The number of primary sulfonamides is 1. The van der Waals surface area contributed by atoms with Crippen molar-refractivity contribution >= 4 is 16.0 Å². The van der Waals surface area contributed by atoms with E-state index in [-0.39, 0.29) is 17.2 Å². The van der Waals surface area contributed by atoms with Crippen molar-refractivity contribution in [2.75, 3.05) is 13.2 Å². The van der Waals surface area contributed by atoms with Crippen LogP contribution in [-0.4, -0.2) is 33.7 Å². The topological polar surface area (TPSA) is 95.7 Å². The van der Waals surface area contributed by atoms with E-state index in [1.54, 1.807) is 0 Å². The number of hydrogen-bond donors (Lipinski definition) is 1. The van der Waals surface area contributed by atoms with E-state index in [9.17, 15) is 17.6 Å². The van der Waals surface area contributed by atoms with Crippen molar-refractivity contribution in [2.45, 2.75) is 30.8 Å². The molecule has 21 heavy (non-hydrogen) atoms. The molecule has 0 atom stereocenters. The fraction of sp³-hybridized carbons (Fsp3) is 0.462. The number of aryl methyl sites for hydroxylation is 1. The SMILES string of the molecule is Cc1cc(C(=O)OC2CCOCC2)cc(S(N)(=O)=O)c1F. The van der Waals surface area contributed by atoms with Crippen molar-refractivity contribution in [1.82, 2.24) is 0 Å². The zero-order chi connectivity index (χ0) is 15.6. The van der Waals surface area contributed by atoms with Crippen LogP contribution in [0.1, 0.15) is 28.8 Å². The Labute approximate surface area is 122 Å². The number of esters is 1. The predicted molar refractivity (Wildman–Crippen MR) is 71.8 cm³/mol. The van der Waals surface area contributed by atoms with E-state index in [4.69, 9.17) is 14.6 Å². The van der Waals surface area contributed by atoms with E-state index in [0.717, 1.165) is 6.07 Å². The molecule has 0 saturated carbocycles. The first kappa shape index (κ1) is 15.9. The van der Waals surface area contributed by atoms with Gasteiger partial charge in [-0.1, -0.05) is 0 Å². The van der Waals surface area contributed by atoms with Gasteiger partial charge in [0.1, 0.15) is 16.8 Å². The number of hydrogen-bond acceptors (Lipinski definition) is 5. The minimum absolute atomic E-state index is 0.0143. The second-order valence-corrected chi connectivity index (χ2v) is 6.40. The summed E-state index contributed by atoms with van der Waals surface area (Å²) in [4.78, 5) is 11.3. The Morgan fingerprint density at radius 2 is 2.00 bits per heavy atom. The Morgan fingerprint density at radius 3 is 2.57 bits per heavy atom. The van der Waals surface area contributed by atoms with Crippen LogP contribution in [0.4, 0.5) is 4.39 Å². The Morgan fingerprint density at radius 1 is 1.38 bits per heavy atom. The summed E-state index contributed by atoms with van der Waals surface area (Å²) >= 11 is 0. The van der Waals surface area contributed by atoms with Gasteiger partial charge in [0.05, 0.1) is 18.8 Å². The van der Waals surface area contributed by atoms with Gasteiger partial charge in [-0.25, -0.2) is 22.7 Å². The highest BCUT2D eigenvalue weighted by molar-refractivity contribution is 7.89. The van der Waals surface area contributed by atoms with Gasteiger partial charge >= 0.3 is 5.97 Å². The maximum absolute atomic E-state index is 13.8. The molecule has 0 bridgehead atoms. The number of benzene rings is 1. The lowest BCUT2D eigenvalue weighted by atomic mass is 10.1. The number of sulfonamides is 1. The first-order valence-electron chi connectivity index (χ1n) is 6.40. The molecular weight excluding hydrogens is 301 g/mol. The van der Waals surface area contributed by atoms with E-state index < -0.39 is 26.7 Å². The van der Waals surface area contributed by atoms with Gasteiger partial charge in [0.2, 0.25) is 10.0 Å². The number of carbonyl (C=O) groups is 1. The third-order valence-electron chi connectivity index (χ3n) is 3.21. The van der Waals surface area contributed by atoms with Crippen LogP contribution in [-0.2, 0) is 19.5 Å². The van der Waals surface area contributed by atoms with Crippen LogP contribution in [0, 0.1) is 12.7 Å². The summed E-state index contributed by atoms with van der Waals surface area (Å²) in [5, 5.41) is 4.94. The number of ether oxygens (including phenoxy) is 2. The fourth-order valence-corrected chi connectivity index (χ4v) is 2.78. The predicted octanol–water partition coefficient (Wildman–Crippen LogP) is 1.12. The van der Waals surface area contributed by atoms with Gasteiger partial charge in [0.15, 0.2) is 0 Å². The van der Waals surface area contributed by atoms with E-state index in [1.807, 2.05) is 0 Å². The smallest absolute Gasteiger partial charge is 0.338 e. The Hall–Kier alpha value is -1.51. The van der Waals surface area contributed by atoms with Crippen LogP contribution < -0.4 is 5.14 Å². The minimum Gasteiger partial charge on any atom is -0.459 e. The standard InChI is InChI=1S/C13H16FNO5S/c1-8-6-9(7-11(12(8)14)21(15,17)18)13(16)20-10-2-4-19-5-3-10/h6-7,10H,2-5H2,1H3,(H2,15,17,18). The molecule has 116 valence electrons. The van der Waals surface area contributed by atoms with Gasteiger partial charge < -0.3 is 9.47 Å². The monoisotopic (exact) mass is 317 g/mol. The second kappa shape index (κ2) is 6.08. The van der Waals surface area contributed by atoms with Gasteiger partial charge in [0, 0.05) is 12.8 Å². The van der Waals surface area contributed by atoms with Gasteiger partial charge in [-0.3, -0.25) is 0 Å². The molecule has 2 N–H and O–H groups in total. The second-order valence-electron chi connectivity index (χ2n) is 4.87. The van der Waals surface area contributed by atoms with Crippen molar-refractivity contribution < 1.29 is 27.1 Å². The molecule has 0 unspecified atom stereocenters. The molecule has 1 saturated heterocycles. The molecule has 0 aromatic heterocycles. The lowest BCUT2D eigenvalue weighted by Crippen LogP contribution is -2.26. The van der Waals surface area contributed by atoms with Crippen molar-refractivity contribution in [2.24, 2.45) is 5.14 Å². The molecule has 1 aromatic carbocycles. The summed E-state index contributed by atoms with van der Waals surface area (Å²) in [6.45, 7) is 2.36. The van der Waals surface area contributed by atoms with Gasteiger partial charge in [-0.05, 0) is 24.6 Å². The lowest BCUT2D eigenvalue weighted by molar-refractivity contribution is -0.0159. The number of halogens is 1. The Balaban J connectivity index is 2.27. The lowest BCUT2D eigenvalue weighted by Gasteiger charge is -2.22. The van der Waals surface area contributed by atoms with Crippen molar-refractivity contribution in [1.29, 1.82) is 0 Å². The summed E-state index contributed by atoms with van der Waals surface area (Å²) in [5.74, 6) is -1.66. The van der Waals surface area contributed by atoms with Gasteiger partial charge in [0.25, 0.3) is 0 Å². The van der Waals surface area contributed by atoms with E-state index in [0.29, 0.717) is 26.1 Å². The molecule has 8 heteroatoms. The Kier molecular flexibility index (Phi) is 4.60. The third kappa shape index (κ3) is 3.78. The molecule has 0 amide bonds. The van der Waals surface area contributed by atoms with Crippen LogP contribution in [0.25, 0.3) is 0 Å². The molecule has 1 heterocycles. The van der Waals surface area contributed by atoms with Gasteiger partial charge in [-0.15, -0.1) is 0 Å². The maximum Gasteiger partial charge on any atom is 0.338 e. The number of nitrogens with two attached hydrogens (primary N) is 1. The molecule has 1 aromatic rings. The number of carbonyl (C=O) groups excluding carboxylic acids is 1. The van der Waals surface area contributed by atoms with Crippen LogP contribution in [0.15, 0.2) is 17.0 Å². The van der Waals surface area contributed by atoms with Crippen molar-refractivity contribution in [3.8, 4) is 0 Å².